The Hall–Kier alpha value is 0.110. The molecule has 0 spiro atoms. The summed E-state index contributed by atoms with van der Waals surface area (Å²) in [5, 5.41) is 9.40. The van der Waals surface area contributed by atoms with Crippen LogP contribution in [0.25, 0.3) is 0 Å². The van der Waals surface area contributed by atoms with Gasteiger partial charge in [0.15, 0.2) is 0 Å². The van der Waals surface area contributed by atoms with Gasteiger partial charge in [0.2, 0.25) is 0 Å². The summed E-state index contributed by atoms with van der Waals surface area (Å²) in [6.45, 7) is 5.39. The Morgan fingerprint density at radius 3 is 2.10 bits per heavy atom. The minimum atomic E-state index is -0.802. The highest BCUT2D eigenvalue weighted by molar-refractivity contribution is 7.84. The maximum atomic E-state index is 10.7. The maximum absolute atomic E-state index is 10.7. The third kappa shape index (κ3) is 4.01. The van der Waals surface area contributed by atoms with E-state index in [4.69, 9.17) is 0 Å². The van der Waals surface area contributed by atoms with Crippen LogP contribution in [0.4, 0.5) is 0 Å². The normalized spacial score (nSPS) is 18.5. The highest BCUT2D eigenvalue weighted by atomic mass is 32.2. The Morgan fingerprint density at radius 1 is 1.60 bits per heavy atom. The second-order valence-electron chi connectivity index (χ2n) is 3.29. The highest BCUT2D eigenvalue weighted by Gasteiger charge is 2.22. The first-order valence-corrected chi connectivity index (χ1v) is 5.09. The molecule has 0 aromatic carbocycles. The molecule has 3 heteroatoms. The van der Waals surface area contributed by atoms with Crippen LogP contribution in [0.5, 0.6) is 0 Å². The Bertz CT molecular complexity index is 126. The van der Waals surface area contributed by atoms with Crippen LogP contribution in [-0.4, -0.2) is 26.9 Å². The van der Waals surface area contributed by atoms with E-state index >= 15 is 0 Å². The third-order valence-corrected chi connectivity index (χ3v) is 2.66. The first kappa shape index (κ1) is 10.1. The molecule has 0 rings (SSSR count). The number of hydrogen-bond acceptors (Lipinski definition) is 2. The van der Waals surface area contributed by atoms with E-state index in [2.05, 4.69) is 0 Å². The molecule has 0 aliphatic carbocycles. The van der Waals surface area contributed by atoms with Crippen LogP contribution < -0.4 is 0 Å². The fourth-order valence-corrected chi connectivity index (χ4v) is 1.67. The largest absolute Gasteiger partial charge is 0.390 e. The van der Waals surface area contributed by atoms with Gasteiger partial charge in [0.1, 0.15) is 0 Å². The number of rotatable bonds is 3. The van der Waals surface area contributed by atoms with E-state index in [-0.39, 0.29) is 5.92 Å². The quantitative estimate of drug-likeness (QED) is 0.669. The van der Waals surface area contributed by atoms with Gasteiger partial charge in [-0.25, -0.2) is 0 Å². The van der Waals surface area contributed by atoms with E-state index < -0.39 is 16.4 Å². The van der Waals surface area contributed by atoms with Gasteiger partial charge >= 0.3 is 0 Å². The lowest BCUT2D eigenvalue weighted by Gasteiger charge is -2.24. The number of hydrogen-bond donors (Lipinski definition) is 1. The Morgan fingerprint density at radius 2 is 2.00 bits per heavy atom. The van der Waals surface area contributed by atoms with Crippen LogP contribution in [0.15, 0.2) is 0 Å². The van der Waals surface area contributed by atoms with Crippen molar-refractivity contribution in [3.05, 3.63) is 0 Å². The van der Waals surface area contributed by atoms with Crippen LogP contribution in [0.1, 0.15) is 20.8 Å². The zero-order valence-electron chi connectivity index (χ0n) is 7.05. The van der Waals surface area contributed by atoms with E-state index in [1.807, 2.05) is 6.92 Å². The summed E-state index contributed by atoms with van der Waals surface area (Å²) in [4.78, 5) is 0. The SMILES string of the molecule is CC(CS(C)=O)C(C)(C)O. The standard InChI is InChI=1S/C7H16O2S/c1-6(5-10(4)9)7(2,3)8/h6,8H,5H2,1-4H3. The predicted molar refractivity (Wildman–Crippen MR) is 44.4 cm³/mol. The van der Waals surface area contributed by atoms with Crippen molar-refractivity contribution in [1.82, 2.24) is 0 Å². The summed E-state index contributed by atoms with van der Waals surface area (Å²) in [6, 6.07) is 0. The lowest BCUT2D eigenvalue weighted by molar-refractivity contribution is 0.0343. The molecule has 0 amide bonds. The van der Waals surface area contributed by atoms with Crippen molar-refractivity contribution >= 4 is 10.8 Å². The molecule has 2 nitrogen and oxygen atoms in total. The molecule has 0 saturated heterocycles. The molecule has 0 aliphatic heterocycles. The minimum absolute atomic E-state index is 0.0957. The first-order valence-electron chi connectivity index (χ1n) is 3.36. The Balaban J connectivity index is 3.85. The van der Waals surface area contributed by atoms with Crippen molar-refractivity contribution in [2.45, 2.75) is 26.4 Å². The van der Waals surface area contributed by atoms with Crippen molar-refractivity contribution < 1.29 is 9.32 Å². The fraction of sp³-hybridized carbons (Fsp3) is 1.00. The third-order valence-electron chi connectivity index (χ3n) is 1.69. The number of aliphatic hydroxyl groups is 1. The first-order chi connectivity index (χ1) is 4.34. The van der Waals surface area contributed by atoms with Gasteiger partial charge in [0, 0.05) is 22.8 Å². The van der Waals surface area contributed by atoms with Crippen LogP contribution in [0.2, 0.25) is 0 Å². The lowest BCUT2D eigenvalue weighted by Crippen LogP contribution is -2.32. The molecule has 1 N–H and O–H groups in total. The summed E-state index contributed by atoms with van der Waals surface area (Å²) < 4.78 is 10.7. The van der Waals surface area contributed by atoms with Gasteiger partial charge in [-0.05, 0) is 19.8 Å². The van der Waals surface area contributed by atoms with Crippen molar-refractivity contribution in [3.63, 3.8) is 0 Å². The monoisotopic (exact) mass is 164 g/mol. The molecule has 2 atom stereocenters. The molecule has 0 aliphatic rings. The zero-order chi connectivity index (χ0) is 8.36. The van der Waals surface area contributed by atoms with E-state index in [0.29, 0.717) is 5.75 Å². The van der Waals surface area contributed by atoms with Crippen molar-refractivity contribution in [1.29, 1.82) is 0 Å². The molecule has 62 valence electrons. The molecule has 0 heterocycles. The lowest BCUT2D eigenvalue weighted by atomic mass is 9.95. The predicted octanol–water partition coefficient (Wildman–Crippen LogP) is 0.772. The molecule has 0 fully saturated rings. The molecule has 0 aromatic heterocycles. The zero-order valence-corrected chi connectivity index (χ0v) is 7.86. The summed E-state index contributed by atoms with van der Waals surface area (Å²) in [6.07, 6.45) is 1.66. The Kier molecular flexibility index (Phi) is 3.52. The molecule has 0 bridgehead atoms. The molecule has 2 unspecified atom stereocenters. The van der Waals surface area contributed by atoms with Crippen molar-refractivity contribution in [3.8, 4) is 0 Å². The van der Waals surface area contributed by atoms with Crippen molar-refractivity contribution in [2.24, 2.45) is 5.92 Å². The summed E-state index contributed by atoms with van der Waals surface area (Å²) in [5.74, 6) is 0.669. The summed E-state index contributed by atoms with van der Waals surface area (Å²) in [5.41, 5.74) is -0.703. The average Bonchev–Trinajstić information content (AvgIpc) is 1.60. The van der Waals surface area contributed by atoms with E-state index in [1.165, 1.54) is 0 Å². The van der Waals surface area contributed by atoms with E-state index in [9.17, 15) is 9.32 Å². The molecular formula is C7H16O2S. The maximum Gasteiger partial charge on any atom is 0.0625 e. The molecule has 0 saturated carbocycles. The molecular weight excluding hydrogens is 148 g/mol. The minimum Gasteiger partial charge on any atom is -0.390 e. The van der Waals surface area contributed by atoms with Gasteiger partial charge < -0.3 is 5.11 Å². The second kappa shape index (κ2) is 3.49. The fourth-order valence-electron chi connectivity index (χ4n) is 0.556. The van der Waals surface area contributed by atoms with Gasteiger partial charge in [0.05, 0.1) is 5.60 Å². The summed E-state index contributed by atoms with van der Waals surface area (Å²) >= 11 is 0. The van der Waals surface area contributed by atoms with Crippen LogP contribution in [-0.2, 0) is 10.8 Å². The van der Waals surface area contributed by atoms with Crippen LogP contribution >= 0.6 is 0 Å². The van der Waals surface area contributed by atoms with Crippen LogP contribution in [0.3, 0.4) is 0 Å². The molecule has 0 radical (unpaired) electrons. The van der Waals surface area contributed by atoms with Gasteiger partial charge in [-0.1, -0.05) is 6.92 Å². The van der Waals surface area contributed by atoms with Gasteiger partial charge in [-0.2, -0.15) is 0 Å². The topological polar surface area (TPSA) is 37.3 Å². The molecule has 10 heavy (non-hydrogen) atoms. The highest BCUT2D eigenvalue weighted by Crippen LogP contribution is 2.15. The average molecular weight is 164 g/mol. The second-order valence-corrected chi connectivity index (χ2v) is 4.77. The van der Waals surface area contributed by atoms with Crippen LogP contribution in [0, 0.1) is 5.92 Å². The smallest absolute Gasteiger partial charge is 0.0625 e. The van der Waals surface area contributed by atoms with Gasteiger partial charge in [-0.15, -0.1) is 0 Å². The van der Waals surface area contributed by atoms with Gasteiger partial charge in [-0.3, -0.25) is 4.21 Å². The van der Waals surface area contributed by atoms with Gasteiger partial charge in [0.25, 0.3) is 0 Å². The van der Waals surface area contributed by atoms with E-state index in [1.54, 1.807) is 20.1 Å². The molecule has 0 aromatic rings. The Labute approximate surface area is 65.1 Å². The van der Waals surface area contributed by atoms with Crippen molar-refractivity contribution in [2.75, 3.05) is 12.0 Å². The summed E-state index contributed by atoms with van der Waals surface area (Å²) in [7, 11) is -0.802. The van der Waals surface area contributed by atoms with E-state index in [0.717, 1.165) is 0 Å².